The molecule has 0 N–H and O–H groups in total. The maximum absolute atomic E-state index is 13.0. The fraction of sp³-hybridized carbons (Fsp3) is 0.417. The van der Waals surface area contributed by atoms with E-state index in [0.29, 0.717) is 50.5 Å². The number of nitrogens with zero attached hydrogens (tertiary/aromatic N) is 2. The molecule has 0 aliphatic carbocycles. The van der Waals surface area contributed by atoms with Crippen molar-refractivity contribution in [1.29, 1.82) is 0 Å². The third kappa shape index (κ3) is 5.68. The highest BCUT2D eigenvalue weighted by molar-refractivity contribution is 5.95. The van der Waals surface area contributed by atoms with Crippen LogP contribution >= 0.6 is 0 Å². The van der Waals surface area contributed by atoms with Crippen molar-refractivity contribution in [2.75, 3.05) is 46.5 Å². The van der Waals surface area contributed by atoms with Gasteiger partial charge in [-0.3, -0.25) is 9.59 Å². The summed E-state index contributed by atoms with van der Waals surface area (Å²) in [5.41, 5.74) is 3.54. The Morgan fingerprint density at radius 2 is 1.63 bits per heavy atom. The lowest BCUT2D eigenvalue weighted by atomic mass is 10.1. The lowest BCUT2D eigenvalue weighted by Crippen LogP contribution is -2.51. The Hall–Kier alpha value is -2.70. The standard InChI is InChI=1S/C24H30N2O4/c1-18-4-8-20(9-5-18)23(27)25(12-14-29-3)16-22-17-26(13-15-30-22)24(28)21-10-6-19(2)7-11-21/h4-11,22H,12-17H2,1-3H3/t22-/m1/s1. The summed E-state index contributed by atoms with van der Waals surface area (Å²) in [5.74, 6) is -0.0609. The molecule has 0 saturated carbocycles. The summed E-state index contributed by atoms with van der Waals surface area (Å²) < 4.78 is 11.1. The van der Waals surface area contributed by atoms with Crippen LogP contribution in [0.1, 0.15) is 31.8 Å². The topological polar surface area (TPSA) is 59.1 Å². The van der Waals surface area contributed by atoms with Gasteiger partial charge in [-0.15, -0.1) is 0 Å². The first-order chi connectivity index (χ1) is 14.5. The quantitative estimate of drug-likeness (QED) is 0.704. The molecule has 6 nitrogen and oxygen atoms in total. The molecule has 0 bridgehead atoms. The number of methoxy groups -OCH3 is 1. The second-order valence-corrected chi connectivity index (χ2v) is 7.72. The maximum atomic E-state index is 13.0. The summed E-state index contributed by atoms with van der Waals surface area (Å²) in [5, 5.41) is 0. The van der Waals surface area contributed by atoms with Crippen LogP contribution in [-0.2, 0) is 9.47 Å². The highest BCUT2D eigenvalue weighted by atomic mass is 16.5. The molecule has 1 aliphatic heterocycles. The Morgan fingerprint density at radius 3 is 2.23 bits per heavy atom. The van der Waals surface area contributed by atoms with Gasteiger partial charge in [-0.2, -0.15) is 0 Å². The predicted octanol–water partition coefficient (Wildman–Crippen LogP) is 2.93. The monoisotopic (exact) mass is 410 g/mol. The van der Waals surface area contributed by atoms with Crippen molar-refractivity contribution in [1.82, 2.24) is 9.80 Å². The summed E-state index contributed by atoms with van der Waals surface area (Å²) in [6.07, 6.45) is -0.237. The molecule has 0 spiro atoms. The van der Waals surface area contributed by atoms with Crippen LogP contribution in [0, 0.1) is 13.8 Å². The van der Waals surface area contributed by atoms with Gasteiger partial charge in [0.25, 0.3) is 11.8 Å². The van der Waals surface area contributed by atoms with Crippen LogP contribution < -0.4 is 0 Å². The highest BCUT2D eigenvalue weighted by Crippen LogP contribution is 2.14. The van der Waals surface area contributed by atoms with E-state index >= 15 is 0 Å². The summed E-state index contributed by atoms with van der Waals surface area (Å²) in [7, 11) is 1.62. The minimum atomic E-state index is -0.237. The van der Waals surface area contributed by atoms with E-state index in [1.54, 1.807) is 12.0 Å². The Bertz CT molecular complexity index is 849. The molecular formula is C24H30N2O4. The molecule has 0 aromatic heterocycles. The van der Waals surface area contributed by atoms with E-state index in [1.807, 2.05) is 67.3 Å². The number of benzene rings is 2. The molecule has 0 radical (unpaired) electrons. The molecule has 2 amide bonds. The first kappa shape index (κ1) is 22.0. The summed E-state index contributed by atoms with van der Waals surface area (Å²) in [4.78, 5) is 29.5. The first-order valence-electron chi connectivity index (χ1n) is 10.3. The van der Waals surface area contributed by atoms with Crippen molar-refractivity contribution in [3.8, 4) is 0 Å². The van der Waals surface area contributed by atoms with Crippen LogP contribution in [0.15, 0.2) is 48.5 Å². The van der Waals surface area contributed by atoms with Gasteiger partial charge in [-0.05, 0) is 38.1 Å². The van der Waals surface area contributed by atoms with Crippen LogP contribution in [0.25, 0.3) is 0 Å². The Kier molecular flexibility index (Phi) is 7.60. The summed E-state index contributed by atoms with van der Waals surface area (Å²) >= 11 is 0. The van der Waals surface area contributed by atoms with Crippen molar-refractivity contribution in [2.45, 2.75) is 20.0 Å². The van der Waals surface area contributed by atoms with Gasteiger partial charge in [0, 0.05) is 44.4 Å². The number of carbonyl (C=O) groups excluding carboxylic acids is 2. The molecule has 160 valence electrons. The second-order valence-electron chi connectivity index (χ2n) is 7.72. The number of hydrogen-bond donors (Lipinski definition) is 0. The summed E-state index contributed by atoms with van der Waals surface area (Å²) in [6, 6.07) is 15.1. The average Bonchev–Trinajstić information content (AvgIpc) is 2.77. The van der Waals surface area contributed by atoms with Crippen LogP contribution in [0.2, 0.25) is 0 Å². The zero-order chi connectivity index (χ0) is 21.5. The smallest absolute Gasteiger partial charge is 0.254 e. The van der Waals surface area contributed by atoms with Crippen LogP contribution in [0.3, 0.4) is 0 Å². The number of ether oxygens (including phenoxy) is 2. The van der Waals surface area contributed by atoms with Crippen molar-refractivity contribution < 1.29 is 19.1 Å². The largest absolute Gasteiger partial charge is 0.383 e. The molecule has 3 rings (SSSR count). The molecule has 0 unspecified atom stereocenters. The minimum Gasteiger partial charge on any atom is -0.383 e. The predicted molar refractivity (Wildman–Crippen MR) is 116 cm³/mol. The first-order valence-corrected chi connectivity index (χ1v) is 10.3. The third-order valence-corrected chi connectivity index (χ3v) is 5.30. The van der Waals surface area contributed by atoms with Crippen molar-refractivity contribution in [2.24, 2.45) is 0 Å². The molecular weight excluding hydrogens is 380 g/mol. The lowest BCUT2D eigenvalue weighted by molar-refractivity contribution is -0.0346. The average molecular weight is 411 g/mol. The molecule has 1 saturated heterocycles. The maximum Gasteiger partial charge on any atom is 0.254 e. The van der Waals surface area contributed by atoms with Crippen molar-refractivity contribution in [3.05, 3.63) is 70.8 Å². The number of amides is 2. The van der Waals surface area contributed by atoms with E-state index in [9.17, 15) is 9.59 Å². The van der Waals surface area contributed by atoms with Gasteiger partial charge < -0.3 is 19.3 Å². The summed E-state index contributed by atoms with van der Waals surface area (Å²) in [6.45, 7) is 6.77. The molecule has 1 fully saturated rings. The van der Waals surface area contributed by atoms with Crippen LogP contribution in [0.5, 0.6) is 0 Å². The normalized spacial score (nSPS) is 16.4. The lowest BCUT2D eigenvalue weighted by Gasteiger charge is -2.36. The number of rotatable bonds is 7. The van der Waals surface area contributed by atoms with E-state index in [4.69, 9.17) is 9.47 Å². The van der Waals surface area contributed by atoms with Crippen LogP contribution in [0.4, 0.5) is 0 Å². The van der Waals surface area contributed by atoms with Gasteiger partial charge in [-0.1, -0.05) is 35.4 Å². The van der Waals surface area contributed by atoms with Gasteiger partial charge >= 0.3 is 0 Å². The minimum absolute atomic E-state index is 0.00315. The molecule has 6 heteroatoms. The third-order valence-electron chi connectivity index (χ3n) is 5.30. The van der Waals surface area contributed by atoms with E-state index in [-0.39, 0.29) is 17.9 Å². The van der Waals surface area contributed by atoms with Crippen molar-refractivity contribution in [3.63, 3.8) is 0 Å². The van der Waals surface area contributed by atoms with E-state index in [0.717, 1.165) is 11.1 Å². The molecule has 30 heavy (non-hydrogen) atoms. The van der Waals surface area contributed by atoms with E-state index in [2.05, 4.69) is 0 Å². The molecule has 2 aromatic rings. The van der Waals surface area contributed by atoms with Crippen LogP contribution in [-0.4, -0.2) is 74.2 Å². The Labute approximate surface area is 178 Å². The fourth-order valence-corrected chi connectivity index (χ4v) is 3.49. The zero-order valence-corrected chi connectivity index (χ0v) is 18.0. The van der Waals surface area contributed by atoms with Crippen molar-refractivity contribution >= 4 is 11.8 Å². The molecule has 2 aromatic carbocycles. The molecule has 1 heterocycles. The van der Waals surface area contributed by atoms with Gasteiger partial charge in [0.2, 0.25) is 0 Å². The fourth-order valence-electron chi connectivity index (χ4n) is 3.49. The molecule has 1 aliphatic rings. The molecule has 1 atom stereocenters. The highest BCUT2D eigenvalue weighted by Gasteiger charge is 2.28. The van der Waals surface area contributed by atoms with Gasteiger partial charge in [-0.25, -0.2) is 0 Å². The zero-order valence-electron chi connectivity index (χ0n) is 18.0. The number of carbonyl (C=O) groups is 2. The van der Waals surface area contributed by atoms with E-state index < -0.39 is 0 Å². The Morgan fingerprint density at radius 1 is 1.03 bits per heavy atom. The van der Waals surface area contributed by atoms with Gasteiger partial charge in [0.15, 0.2) is 0 Å². The van der Waals surface area contributed by atoms with Gasteiger partial charge in [0.1, 0.15) is 0 Å². The van der Waals surface area contributed by atoms with Gasteiger partial charge in [0.05, 0.1) is 19.3 Å². The van der Waals surface area contributed by atoms with E-state index in [1.165, 1.54) is 0 Å². The number of hydrogen-bond acceptors (Lipinski definition) is 4. The number of aryl methyl sites for hydroxylation is 2. The SMILES string of the molecule is COCCN(C[C@@H]1CN(C(=O)c2ccc(C)cc2)CCO1)C(=O)c1ccc(C)cc1. The number of morpholine rings is 1. The Balaban J connectivity index is 1.67. The second kappa shape index (κ2) is 10.4.